The number of benzene rings is 2. The summed E-state index contributed by atoms with van der Waals surface area (Å²) in [5, 5.41) is 3.53. The average Bonchev–Trinajstić information content (AvgIpc) is 2.74. The van der Waals surface area contributed by atoms with Gasteiger partial charge in [-0.15, -0.1) is 0 Å². The van der Waals surface area contributed by atoms with Crippen molar-refractivity contribution in [2.75, 3.05) is 7.05 Å². The second-order valence-electron chi connectivity index (χ2n) is 5.51. The zero-order valence-electron chi connectivity index (χ0n) is 12.3. The molecule has 3 rings (SSSR count). The second-order valence-corrected chi connectivity index (χ2v) is 7.18. The van der Waals surface area contributed by atoms with Crippen molar-refractivity contribution in [2.45, 2.75) is 35.4 Å². The van der Waals surface area contributed by atoms with Crippen molar-refractivity contribution < 1.29 is 4.21 Å². The van der Waals surface area contributed by atoms with Crippen LogP contribution in [0.15, 0.2) is 59.5 Å². The van der Waals surface area contributed by atoms with Crippen LogP contribution < -0.4 is 5.32 Å². The van der Waals surface area contributed by atoms with Gasteiger partial charge in [-0.3, -0.25) is 4.21 Å². The van der Waals surface area contributed by atoms with Gasteiger partial charge in [0.15, 0.2) is 0 Å². The summed E-state index contributed by atoms with van der Waals surface area (Å²) in [6, 6.07) is 18.6. The molecule has 0 radical (unpaired) electrons. The van der Waals surface area contributed by atoms with Gasteiger partial charge in [0.05, 0.1) is 16.0 Å². The SMILES string of the molecule is CNC1c2ccccc2CCCC1S(=O)c1ccccc1. The van der Waals surface area contributed by atoms with Crippen LogP contribution in [0, 0.1) is 0 Å². The first-order chi connectivity index (χ1) is 10.3. The van der Waals surface area contributed by atoms with Crippen molar-refractivity contribution in [1.82, 2.24) is 5.32 Å². The fourth-order valence-corrected chi connectivity index (χ4v) is 4.91. The number of fused-ring (bicyclic) bond motifs is 1. The Kier molecular flexibility index (Phi) is 4.51. The number of aryl methyl sites for hydroxylation is 1. The van der Waals surface area contributed by atoms with E-state index in [4.69, 9.17) is 0 Å². The van der Waals surface area contributed by atoms with Gasteiger partial charge >= 0.3 is 0 Å². The fraction of sp³-hybridized carbons (Fsp3) is 0.333. The summed E-state index contributed by atoms with van der Waals surface area (Å²) >= 11 is 0. The Morgan fingerprint density at radius 2 is 1.76 bits per heavy atom. The summed E-state index contributed by atoms with van der Waals surface area (Å²) in [6.45, 7) is 0. The molecule has 0 saturated carbocycles. The molecular weight excluding hydrogens is 278 g/mol. The standard InChI is InChI=1S/C18H21NOS/c1-19-18-16-12-6-5-8-14(16)9-7-13-17(18)21(20)15-10-3-2-4-11-15/h2-6,8,10-12,17-19H,7,9,13H2,1H3. The van der Waals surface area contributed by atoms with E-state index in [1.54, 1.807) is 0 Å². The molecule has 0 heterocycles. The Balaban J connectivity index is 1.97. The minimum absolute atomic E-state index is 0.126. The van der Waals surface area contributed by atoms with Gasteiger partial charge in [-0.2, -0.15) is 0 Å². The predicted molar refractivity (Wildman–Crippen MR) is 87.8 cm³/mol. The first-order valence-corrected chi connectivity index (χ1v) is 8.73. The molecule has 0 spiro atoms. The van der Waals surface area contributed by atoms with Crippen LogP contribution in [0.5, 0.6) is 0 Å². The zero-order chi connectivity index (χ0) is 14.7. The third-order valence-corrected chi connectivity index (χ3v) is 6.05. The summed E-state index contributed by atoms with van der Waals surface area (Å²) in [5.41, 5.74) is 2.70. The molecular formula is C18H21NOS. The minimum atomic E-state index is -0.981. The molecule has 2 aromatic carbocycles. The van der Waals surface area contributed by atoms with Crippen LogP contribution in [0.2, 0.25) is 0 Å². The van der Waals surface area contributed by atoms with E-state index in [0.717, 1.165) is 24.2 Å². The van der Waals surface area contributed by atoms with Crippen molar-refractivity contribution in [3.63, 3.8) is 0 Å². The first-order valence-electron chi connectivity index (χ1n) is 7.52. The van der Waals surface area contributed by atoms with E-state index in [9.17, 15) is 4.21 Å². The van der Waals surface area contributed by atoms with Gasteiger partial charge in [0.2, 0.25) is 0 Å². The van der Waals surface area contributed by atoms with Crippen LogP contribution in [0.3, 0.4) is 0 Å². The lowest BCUT2D eigenvalue weighted by Crippen LogP contribution is -2.32. The van der Waals surface area contributed by atoms with E-state index >= 15 is 0 Å². The van der Waals surface area contributed by atoms with Gasteiger partial charge in [-0.1, -0.05) is 42.5 Å². The normalized spacial score (nSPS) is 23.1. The van der Waals surface area contributed by atoms with E-state index in [-0.39, 0.29) is 11.3 Å². The van der Waals surface area contributed by atoms with Crippen molar-refractivity contribution in [3.05, 3.63) is 65.7 Å². The summed E-state index contributed by atoms with van der Waals surface area (Å²) in [4.78, 5) is 0.933. The molecule has 0 bridgehead atoms. The maximum absolute atomic E-state index is 13.0. The quantitative estimate of drug-likeness (QED) is 0.879. The number of hydrogen-bond donors (Lipinski definition) is 1. The molecule has 0 saturated heterocycles. The molecule has 0 aliphatic heterocycles. The zero-order valence-corrected chi connectivity index (χ0v) is 13.1. The number of nitrogens with one attached hydrogen (secondary N) is 1. The molecule has 110 valence electrons. The molecule has 1 aliphatic carbocycles. The summed E-state index contributed by atoms with van der Waals surface area (Å²) in [5.74, 6) is 0. The smallest absolute Gasteiger partial charge is 0.0589 e. The van der Waals surface area contributed by atoms with Crippen LogP contribution >= 0.6 is 0 Å². The number of hydrogen-bond acceptors (Lipinski definition) is 2. The Labute approximate surface area is 129 Å². The van der Waals surface area contributed by atoms with E-state index in [1.165, 1.54) is 11.1 Å². The van der Waals surface area contributed by atoms with Crippen molar-refractivity contribution in [3.8, 4) is 0 Å². The van der Waals surface area contributed by atoms with Crippen molar-refractivity contribution in [2.24, 2.45) is 0 Å². The largest absolute Gasteiger partial charge is 0.312 e. The van der Waals surface area contributed by atoms with Crippen LogP contribution in [-0.2, 0) is 17.2 Å². The van der Waals surface area contributed by atoms with E-state index in [0.29, 0.717) is 0 Å². The predicted octanol–water partition coefficient (Wildman–Crippen LogP) is 3.46. The summed E-state index contributed by atoms with van der Waals surface area (Å²) in [6.07, 6.45) is 3.16. The lowest BCUT2D eigenvalue weighted by atomic mass is 9.99. The van der Waals surface area contributed by atoms with Gasteiger partial charge in [0, 0.05) is 10.9 Å². The van der Waals surface area contributed by atoms with Crippen molar-refractivity contribution >= 4 is 10.8 Å². The highest BCUT2D eigenvalue weighted by Gasteiger charge is 2.31. The third-order valence-electron chi connectivity index (χ3n) is 4.26. The van der Waals surface area contributed by atoms with Crippen molar-refractivity contribution in [1.29, 1.82) is 0 Å². The van der Waals surface area contributed by atoms with Crippen LogP contribution in [0.25, 0.3) is 0 Å². The fourth-order valence-electron chi connectivity index (χ4n) is 3.23. The molecule has 0 amide bonds. The average molecular weight is 299 g/mol. The minimum Gasteiger partial charge on any atom is -0.312 e. The molecule has 2 aromatic rings. The lowest BCUT2D eigenvalue weighted by molar-refractivity contribution is 0.531. The molecule has 2 nitrogen and oxygen atoms in total. The molecule has 3 unspecified atom stereocenters. The van der Waals surface area contributed by atoms with Gasteiger partial charge in [0.1, 0.15) is 0 Å². The van der Waals surface area contributed by atoms with Gasteiger partial charge in [-0.05, 0) is 49.6 Å². The Bertz CT molecular complexity index is 626. The van der Waals surface area contributed by atoms with Gasteiger partial charge in [0.25, 0.3) is 0 Å². The topological polar surface area (TPSA) is 29.1 Å². The first kappa shape index (κ1) is 14.5. The molecule has 1 N–H and O–H groups in total. The third kappa shape index (κ3) is 2.94. The van der Waals surface area contributed by atoms with Crippen LogP contribution in [0.1, 0.15) is 30.0 Å². The monoisotopic (exact) mass is 299 g/mol. The van der Waals surface area contributed by atoms with Gasteiger partial charge < -0.3 is 5.32 Å². The highest BCUT2D eigenvalue weighted by molar-refractivity contribution is 7.85. The molecule has 0 fully saturated rings. The molecule has 21 heavy (non-hydrogen) atoms. The molecule has 0 aromatic heterocycles. The van der Waals surface area contributed by atoms with E-state index in [2.05, 4.69) is 29.6 Å². The molecule has 3 heteroatoms. The van der Waals surface area contributed by atoms with E-state index < -0.39 is 10.8 Å². The Hall–Kier alpha value is -1.45. The van der Waals surface area contributed by atoms with Gasteiger partial charge in [-0.25, -0.2) is 0 Å². The van der Waals surface area contributed by atoms with E-state index in [1.807, 2.05) is 37.4 Å². The second kappa shape index (κ2) is 6.54. The highest BCUT2D eigenvalue weighted by Crippen LogP contribution is 2.33. The maximum Gasteiger partial charge on any atom is 0.0589 e. The lowest BCUT2D eigenvalue weighted by Gasteiger charge is -2.25. The highest BCUT2D eigenvalue weighted by atomic mass is 32.2. The maximum atomic E-state index is 13.0. The summed E-state index contributed by atoms with van der Waals surface area (Å²) < 4.78 is 13.0. The Morgan fingerprint density at radius 3 is 2.52 bits per heavy atom. The van der Waals surface area contributed by atoms with Crippen LogP contribution in [0.4, 0.5) is 0 Å². The Morgan fingerprint density at radius 1 is 1.05 bits per heavy atom. The molecule has 1 aliphatic rings. The number of rotatable bonds is 3. The van der Waals surface area contributed by atoms with Crippen LogP contribution in [-0.4, -0.2) is 16.5 Å². The summed E-state index contributed by atoms with van der Waals surface area (Å²) in [7, 11) is 0.993. The molecule has 3 atom stereocenters.